The minimum Gasteiger partial charge on any atom is -0.297 e. The molecule has 0 radical (unpaired) electrons. The number of hydrogen-bond acceptors (Lipinski definition) is 2. The van der Waals surface area contributed by atoms with E-state index in [4.69, 9.17) is 0 Å². The van der Waals surface area contributed by atoms with Crippen molar-refractivity contribution in [2.24, 2.45) is 0 Å². The zero-order valence-corrected chi connectivity index (χ0v) is 16.6. The zero-order chi connectivity index (χ0) is 20.2. The highest BCUT2D eigenvalue weighted by Gasteiger charge is 2.25. The molecule has 1 heterocycles. The largest absolute Gasteiger partial charge is 0.297 e. The van der Waals surface area contributed by atoms with Gasteiger partial charge in [-0.3, -0.25) is 9.80 Å². The van der Waals surface area contributed by atoms with Gasteiger partial charge in [0, 0.05) is 37.8 Å². The molecule has 0 N–H and O–H groups in total. The topological polar surface area (TPSA) is 6.48 Å². The van der Waals surface area contributed by atoms with Crippen molar-refractivity contribution in [1.82, 2.24) is 9.80 Å². The predicted molar refractivity (Wildman–Crippen MR) is 114 cm³/mol. The Kier molecular flexibility index (Phi) is 6.02. The molecule has 3 aromatic carbocycles. The van der Waals surface area contributed by atoms with Gasteiger partial charge in [0.05, 0.1) is 0 Å². The number of piperazine rings is 1. The Balaban J connectivity index is 1.47. The summed E-state index contributed by atoms with van der Waals surface area (Å²) in [6.07, 6.45) is -2.47. The van der Waals surface area contributed by atoms with E-state index in [1.807, 2.05) is 18.2 Å². The third-order valence-electron chi connectivity index (χ3n) is 5.78. The first-order valence-corrected chi connectivity index (χ1v) is 10.1. The van der Waals surface area contributed by atoms with Gasteiger partial charge < -0.3 is 0 Å². The van der Waals surface area contributed by atoms with Crippen LogP contribution in [0.4, 0.5) is 8.78 Å². The van der Waals surface area contributed by atoms with Crippen molar-refractivity contribution in [3.05, 3.63) is 95.6 Å². The zero-order valence-electron chi connectivity index (χ0n) is 16.6. The molecule has 0 amide bonds. The van der Waals surface area contributed by atoms with E-state index < -0.39 is 6.43 Å². The molecule has 0 spiro atoms. The molecule has 29 heavy (non-hydrogen) atoms. The van der Waals surface area contributed by atoms with Crippen LogP contribution in [-0.4, -0.2) is 36.5 Å². The van der Waals surface area contributed by atoms with Crippen molar-refractivity contribution in [1.29, 1.82) is 0 Å². The molecule has 2 nitrogen and oxygen atoms in total. The first-order chi connectivity index (χ1) is 14.1. The second kappa shape index (κ2) is 8.85. The smallest absolute Gasteiger partial charge is 0.264 e. The molecule has 0 bridgehead atoms. The van der Waals surface area contributed by atoms with Crippen LogP contribution in [0.3, 0.4) is 0 Å². The molecule has 0 aliphatic carbocycles. The van der Waals surface area contributed by atoms with Gasteiger partial charge >= 0.3 is 0 Å². The SMILES string of the molecule is CN1CCN(Cc2ccc(-c3ccccc3C(F)F)cc2)CC1c1ccccc1. The minimum atomic E-state index is -2.47. The quantitative estimate of drug-likeness (QED) is 0.543. The average molecular weight is 392 g/mol. The summed E-state index contributed by atoms with van der Waals surface area (Å²) in [6.45, 7) is 3.90. The summed E-state index contributed by atoms with van der Waals surface area (Å²) in [6, 6.07) is 25.8. The van der Waals surface area contributed by atoms with Crippen LogP contribution < -0.4 is 0 Å². The van der Waals surface area contributed by atoms with Crippen LogP contribution in [-0.2, 0) is 6.54 Å². The standard InChI is InChI=1S/C25H26F2N2/c1-28-15-16-29(18-24(28)21-7-3-2-4-8-21)17-19-11-13-20(14-12-19)22-9-5-6-10-23(22)25(26)27/h2-14,24-25H,15-18H2,1H3. The number of nitrogens with zero attached hydrogens (tertiary/aromatic N) is 2. The lowest BCUT2D eigenvalue weighted by Crippen LogP contribution is -2.46. The number of benzene rings is 3. The molecule has 150 valence electrons. The molecule has 1 aliphatic rings. The molecule has 3 aromatic rings. The van der Waals surface area contributed by atoms with E-state index in [2.05, 4.69) is 59.3 Å². The van der Waals surface area contributed by atoms with Crippen molar-refractivity contribution in [3.8, 4) is 11.1 Å². The maximum Gasteiger partial charge on any atom is 0.264 e. The van der Waals surface area contributed by atoms with Crippen LogP contribution in [0.25, 0.3) is 11.1 Å². The van der Waals surface area contributed by atoms with Crippen molar-refractivity contribution in [2.75, 3.05) is 26.7 Å². The Morgan fingerprint density at radius 2 is 1.55 bits per heavy atom. The highest BCUT2D eigenvalue weighted by Crippen LogP contribution is 2.31. The summed E-state index contributed by atoms with van der Waals surface area (Å²) < 4.78 is 26.6. The lowest BCUT2D eigenvalue weighted by molar-refractivity contribution is 0.0905. The van der Waals surface area contributed by atoms with Gasteiger partial charge in [0.15, 0.2) is 0 Å². The number of halogens is 2. The van der Waals surface area contributed by atoms with Gasteiger partial charge in [-0.25, -0.2) is 8.78 Å². The third kappa shape index (κ3) is 4.55. The van der Waals surface area contributed by atoms with Gasteiger partial charge in [0.1, 0.15) is 0 Å². The van der Waals surface area contributed by atoms with Crippen LogP contribution in [0, 0.1) is 0 Å². The van der Waals surface area contributed by atoms with Crippen LogP contribution in [0.5, 0.6) is 0 Å². The summed E-state index contributed by atoms with van der Waals surface area (Å²) in [4.78, 5) is 4.88. The van der Waals surface area contributed by atoms with Gasteiger partial charge in [-0.05, 0) is 29.3 Å². The maximum atomic E-state index is 13.3. The molecule has 0 aromatic heterocycles. The highest BCUT2D eigenvalue weighted by molar-refractivity contribution is 5.67. The molecule has 1 fully saturated rings. The van der Waals surface area contributed by atoms with Crippen LogP contribution in [0.1, 0.15) is 29.2 Å². The van der Waals surface area contributed by atoms with Crippen molar-refractivity contribution >= 4 is 0 Å². The number of hydrogen-bond donors (Lipinski definition) is 0. The predicted octanol–water partition coefficient (Wildman–Crippen LogP) is 5.78. The Hall–Kier alpha value is -2.56. The summed E-state index contributed by atoms with van der Waals surface area (Å²) in [5.41, 5.74) is 4.09. The van der Waals surface area contributed by atoms with Crippen molar-refractivity contribution < 1.29 is 8.78 Å². The maximum absolute atomic E-state index is 13.3. The number of rotatable bonds is 5. The van der Waals surface area contributed by atoms with E-state index in [1.165, 1.54) is 17.2 Å². The van der Waals surface area contributed by atoms with E-state index in [9.17, 15) is 8.78 Å². The van der Waals surface area contributed by atoms with E-state index in [1.54, 1.807) is 12.1 Å². The fraction of sp³-hybridized carbons (Fsp3) is 0.280. The lowest BCUT2D eigenvalue weighted by Gasteiger charge is -2.39. The summed E-state index contributed by atoms with van der Waals surface area (Å²) >= 11 is 0. The second-order valence-electron chi connectivity index (χ2n) is 7.73. The Morgan fingerprint density at radius 1 is 0.862 bits per heavy atom. The van der Waals surface area contributed by atoms with Crippen LogP contribution in [0.15, 0.2) is 78.9 Å². The second-order valence-corrected chi connectivity index (χ2v) is 7.73. The Bertz CT molecular complexity index is 925. The van der Waals surface area contributed by atoms with Gasteiger partial charge in [0.25, 0.3) is 6.43 Å². The highest BCUT2D eigenvalue weighted by atomic mass is 19.3. The molecule has 0 saturated carbocycles. The monoisotopic (exact) mass is 392 g/mol. The first-order valence-electron chi connectivity index (χ1n) is 10.1. The van der Waals surface area contributed by atoms with Crippen molar-refractivity contribution in [2.45, 2.75) is 19.0 Å². The summed E-state index contributed by atoms with van der Waals surface area (Å²) in [7, 11) is 2.18. The van der Waals surface area contributed by atoms with E-state index in [0.717, 1.165) is 31.7 Å². The molecule has 4 rings (SSSR count). The number of likely N-dealkylation sites (N-methyl/N-ethyl adjacent to an activating group) is 1. The molecular weight excluding hydrogens is 366 g/mol. The lowest BCUT2D eigenvalue weighted by atomic mass is 9.98. The third-order valence-corrected chi connectivity index (χ3v) is 5.78. The fourth-order valence-electron chi connectivity index (χ4n) is 4.11. The minimum absolute atomic E-state index is 0.0880. The molecular formula is C25H26F2N2. The van der Waals surface area contributed by atoms with Crippen LogP contribution in [0.2, 0.25) is 0 Å². The molecule has 1 aliphatic heterocycles. The number of alkyl halides is 2. The molecule has 4 heteroatoms. The van der Waals surface area contributed by atoms with Gasteiger partial charge in [-0.2, -0.15) is 0 Å². The molecule has 1 saturated heterocycles. The first kappa shape index (κ1) is 19.7. The fourth-order valence-corrected chi connectivity index (χ4v) is 4.11. The van der Waals surface area contributed by atoms with Gasteiger partial charge in [-0.1, -0.05) is 78.9 Å². The van der Waals surface area contributed by atoms with E-state index >= 15 is 0 Å². The van der Waals surface area contributed by atoms with Gasteiger partial charge in [0.2, 0.25) is 0 Å². The molecule has 1 atom stereocenters. The van der Waals surface area contributed by atoms with Crippen LogP contribution >= 0.6 is 0 Å². The Labute approximate surface area is 171 Å². The molecule has 1 unspecified atom stereocenters. The average Bonchev–Trinajstić information content (AvgIpc) is 2.76. The summed E-state index contributed by atoms with van der Waals surface area (Å²) in [5, 5.41) is 0. The summed E-state index contributed by atoms with van der Waals surface area (Å²) in [5.74, 6) is 0. The Morgan fingerprint density at radius 3 is 2.28 bits per heavy atom. The normalized spacial score (nSPS) is 18.3. The van der Waals surface area contributed by atoms with Crippen molar-refractivity contribution in [3.63, 3.8) is 0 Å². The van der Waals surface area contributed by atoms with E-state index in [0.29, 0.717) is 11.6 Å². The van der Waals surface area contributed by atoms with E-state index in [-0.39, 0.29) is 5.56 Å². The van der Waals surface area contributed by atoms with Gasteiger partial charge in [-0.15, -0.1) is 0 Å².